The first kappa shape index (κ1) is 25.3. The molecule has 3 N–H and O–H groups in total. The minimum Gasteiger partial charge on any atom is -0.386 e. The van der Waals surface area contributed by atoms with Crippen molar-refractivity contribution in [3.63, 3.8) is 0 Å². The lowest BCUT2D eigenvalue weighted by Gasteiger charge is -2.21. The molecule has 0 aliphatic carbocycles. The van der Waals surface area contributed by atoms with E-state index < -0.39 is 27.5 Å². The summed E-state index contributed by atoms with van der Waals surface area (Å²) in [5.74, 6) is -0.808. The molecule has 172 valence electrons. The highest BCUT2D eigenvalue weighted by Gasteiger charge is 2.25. The predicted molar refractivity (Wildman–Crippen MR) is 122 cm³/mol. The highest BCUT2D eigenvalue weighted by Crippen LogP contribution is 2.34. The van der Waals surface area contributed by atoms with Crippen LogP contribution in [0, 0.1) is 12.4 Å². The van der Waals surface area contributed by atoms with Crippen molar-refractivity contribution in [2.24, 2.45) is 0 Å². The molecule has 2 rings (SSSR count). The number of anilines is 1. The number of nitrogens with zero attached hydrogens (tertiary/aromatic N) is 1. The number of hydrogen-bond donors (Lipinski definition) is 3. The summed E-state index contributed by atoms with van der Waals surface area (Å²) >= 11 is 0. The topological polar surface area (TPSA) is 99.9 Å². The maximum absolute atomic E-state index is 14.5. The number of rotatable bonds is 6. The van der Waals surface area contributed by atoms with Gasteiger partial charge < -0.3 is 10.4 Å². The van der Waals surface area contributed by atoms with Gasteiger partial charge in [0.2, 0.25) is 0 Å². The molecule has 0 fully saturated rings. The van der Waals surface area contributed by atoms with Gasteiger partial charge in [0.25, 0.3) is 10.0 Å². The van der Waals surface area contributed by atoms with Gasteiger partial charge in [0.05, 0.1) is 22.8 Å². The van der Waals surface area contributed by atoms with E-state index in [9.17, 15) is 22.7 Å². The lowest BCUT2D eigenvalue weighted by atomic mass is 9.92. The quantitative estimate of drug-likeness (QED) is 0.504. The van der Waals surface area contributed by atoms with Crippen LogP contribution in [-0.2, 0) is 15.6 Å². The van der Waals surface area contributed by atoms with Crippen LogP contribution < -0.4 is 10.0 Å². The lowest BCUT2D eigenvalue weighted by Crippen LogP contribution is -2.35. The number of halogens is 1. The number of urea groups is 1. The minimum atomic E-state index is -4.38. The number of hydrogen-bond acceptors (Lipinski definition) is 4. The zero-order valence-electron chi connectivity index (χ0n) is 18.9. The van der Waals surface area contributed by atoms with Crippen LogP contribution in [0.15, 0.2) is 35.2 Å². The third-order valence-corrected chi connectivity index (χ3v) is 6.24. The van der Waals surface area contributed by atoms with E-state index in [2.05, 4.69) is 10.2 Å². The third-order valence-electron chi connectivity index (χ3n) is 4.93. The molecule has 32 heavy (non-hydrogen) atoms. The fraction of sp³-hybridized carbons (Fsp3) is 0.391. The summed E-state index contributed by atoms with van der Waals surface area (Å²) in [6.07, 6.45) is 0. The highest BCUT2D eigenvalue weighted by molar-refractivity contribution is 7.90. The standard InChI is InChI=1S/C23H28FN3O4S/c1-13(2)18-8-9-19(24)20(14(3)4)21(18)26-22(28)27-32(30,31)17-11-15(23(5,6)29)10-16(12-17)25-7/h8-14,29H,1-6H3,(H2,26,27,28). The van der Waals surface area contributed by atoms with E-state index in [0.717, 1.165) is 6.07 Å². The van der Waals surface area contributed by atoms with Gasteiger partial charge in [0.15, 0.2) is 5.69 Å². The molecule has 0 aliphatic rings. The SMILES string of the molecule is [C-]#[N+]c1cc(C(C)(C)O)cc(S(=O)(=O)NC(=O)Nc2c(C(C)C)ccc(F)c2C(C)C)c1. The molecule has 2 aromatic rings. The van der Waals surface area contributed by atoms with Crippen LogP contribution in [0.3, 0.4) is 0 Å². The van der Waals surface area contributed by atoms with Gasteiger partial charge in [-0.05, 0) is 55.0 Å². The Bertz CT molecular complexity index is 1180. The molecule has 0 spiro atoms. The van der Waals surface area contributed by atoms with E-state index in [1.807, 2.05) is 18.6 Å². The van der Waals surface area contributed by atoms with Crippen molar-refractivity contribution in [1.82, 2.24) is 4.72 Å². The van der Waals surface area contributed by atoms with E-state index >= 15 is 0 Å². The Kier molecular flexibility index (Phi) is 7.33. The number of carbonyl (C=O) groups excluding carboxylic acids is 1. The van der Waals surface area contributed by atoms with Gasteiger partial charge in [-0.1, -0.05) is 39.8 Å². The fourth-order valence-electron chi connectivity index (χ4n) is 3.27. The summed E-state index contributed by atoms with van der Waals surface area (Å²) in [5, 5.41) is 12.7. The molecule has 0 aromatic heterocycles. The molecule has 0 unspecified atom stereocenters. The van der Waals surface area contributed by atoms with Gasteiger partial charge in [-0.3, -0.25) is 0 Å². The molecule has 2 aromatic carbocycles. The monoisotopic (exact) mass is 461 g/mol. The molecule has 0 aliphatic heterocycles. The summed E-state index contributed by atoms with van der Waals surface area (Å²) in [4.78, 5) is 15.6. The van der Waals surface area contributed by atoms with Crippen LogP contribution in [0.1, 0.15) is 70.1 Å². The van der Waals surface area contributed by atoms with Gasteiger partial charge >= 0.3 is 6.03 Å². The summed E-state index contributed by atoms with van der Waals surface area (Å²) in [5.41, 5.74) is -0.00621. The van der Waals surface area contributed by atoms with Crippen molar-refractivity contribution in [1.29, 1.82) is 0 Å². The molecule has 0 saturated carbocycles. The van der Waals surface area contributed by atoms with Crippen LogP contribution in [0.5, 0.6) is 0 Å². The molecular weight excluding hydrogens is 433 g/mol. The summed E-state index contributed by atoms with van der Waals surface area (Å²) < 4.78 is 42.1. The number of nitrogens with one attached hydrogen (secondary N) is 2. The second-order valence-corrected chi connectivity index (χ2v) is 10.4. The second-order valence-electron chi connectivity index (χ2n) is 8.68. The van der Waals surface area contributed by atoms with Gasteiger partial charge in [-0.2, -0.15) is 0 Å². The number of benzene rings is 2. The average molecular weight is 462 g/mol. The molecule has 7 nitrogen and oxygen atoms in total. The van der Waals surface area contributed by atoms with Crippen LogP contribution in [0.2, 0.25) is 0 Å². The maximum atomic E-state index is 14.5. The van der Waals surface area contributed by atoms with Crippen molar-refractivity contribution in [3.05, 3.63) is 64.3 Å². The number of sulfonamides is 1. The van der Waals surface area contributed by atoms with Gasteiger partial charge in [-0.25, -0.2) is 27.2 Å². The molecule has 0 radical (unpaired) electrons. The highest BCUT2D eigenvalue weighted by atomic mass is 32.2. The number of aliphatic hydroxyl groups is 1. The Morgan fingerprint density at radius 1 is 1.12 bits per heavy atom. The van der Waals surface area contributed by atoms with E-state index in [1.54, 1.807) is 19.9 Å². The van der Waals surface area contributed by atoms with Crippen LogP contribution in [0.4, 0.5) is 20.6 Å². The smallest absolute Gasteiger partial charge is 0.333 e. The fourth-order valence-corrected chi connectivity index (χ4v) is 4.24. The number of amides is 2. The van der Waals surface area contributed by atoms with Crippen LogP contribution in [0.25, 0.3) is 4.85 Å². The van der Waals surface area contributed by atoms with Crippen molar-refractivity contribution in [3.8, 4) is 0 Å². The second kappa shape index (κ2) is 9.27. The maximum Gasteiger partial charge on any atom is 0.333 e. The molecule has 0 saturated heterocycles. The molecule has 9 heteroatoms. The van der Waals surface area contributed by atoms with Crippen molar-refractivity contribution in [2.75, 3.05) is 5.32 Å². The summed E-state index contributed by atoms with van der Waals surface area (Å²) in [7, 11) is -4.38. The molecule has 0 heterocycles. The molecular formula is C23H28FN3O4S. The third kappa shape index (κ3) is 5.64. The van der Waals surface area contributed by atoms with E-state index in [0.29, 0.717) is 5.56 Å². The van der Waals surface area contributed by atoms with Gasteiger partial charge in [-0.15, -0.1) is 0 Å². The van der Waals surface area contributed by atoms with E-state index in [1.165, 1.54) is 32.0 Å². The van der Waals surface area contributed by atoms with Crippen molar-refractivity contribution >= 4 is 27.4 Å². The van der Waals surface area contributed by atoms with Gasteiger partial charge in [0.1, 0.15) is 5.82 Å². The van der Waals surface area contributed by atoms with Crippen molar-refractivity contribution in [2.45, 2.75) is 63.9 Å². The largest absolute Gasteiger partial charge is 0.386 e. The average Bonchev–Trinajstić information content (AvgIpc) is 2.65. The molecule has 0 atom stereocenters. The Morgan fingerprint density at radius 2 is 1.75 bits per heavy atom. The zero-order valence-corrected chi connectivity index (χ0v) is 19.8. The Labute approximate surface area is 188 Å². The Morgan fingerprint density at radius 3 is 2.25 bits per heavy atom. The van der Waals surface area contributed by atoms with E-state index in [4.69, 9.17) is 6.57 Å². The minimum absolute atomic E-state index is 0.000253. The van der Waals surface area contributed by atoms with Gasteiger partial charge in [0, 0.05) is 5.56 Å². The number of carbonyl (C=O) groups is 1. The van der Waals surface area contributed by atoms with Crippen LogP contribution in [-0.4, -0.2) is 19.6 Å². The first-order valence-corrected chi connectivity index (χ1v) is 11.6. The Hall–Kier alpha value is -2.96. The molecule has 2 amide bonds. The zero-order chi connectivity index (χ0) is 24.4. The van der Waals surface area contributed by atoms with Crippen LogP contribution >= 0.6 is 0 Å². The van der Waals surface area contributed by atoms with Crippen molar-refractivity contribution < 1.29 is 22.7 Å². The summed E-state index contributed by atoms with van der Waals surface area (Å²) in [6, 6.07) is 5.52. The van der Waals surface area contributed by atoms with E-state index in [-0.39, 0.29) is 39.2 Å². The summed E-state index contributed by atoms with van der Waals surface area (Å²) in [6.45, 7) is 17.4. The first-order valence-electron chi connectivity index (χ1n) is 10.1. The predicted octanol–water partition coefficient (Wildman–Crippen LogP) is 5.36. The Balaban J connectivity index is 2.45. The normalized spacial score (nSPS) is 12.0. The first-order chi connectivity index (χ1) is 14.7. The lowest BCUT2D eigenvalue weighted by molar-refractivity contribution is 0.0784. The molecule has 0 bridgehead atoms.